The van der Waals surface area contributed by atoms with Crippen LogP contribution in [0.15, 0.2) is 42.5 Å². The molecule has 0 bridgehead atoms. The normalized spacial score (nSPS) is 16.1. The van der Waals surface area contributed by atoms with E-state index in [9.17, 15) is 14.9 Å². The van der Waals surface area contributed by atoms with Crippen molar-refractivity contribution in [2.45, 2.75) is 65.1 Å². The summed E-state index contributed by atoms with van der Waals surface area (Å²) >= 11 is 0. The first kappa shape index (κ1) is 25.9. The fourth-order valence-corrected chi connectivity index (χ4v) is 10.2. The highest BCUT2D eigenvalue weighted by Crippen LogP contribution is 2.66. The smallest absolute Gasteiger partial charge is 0.344 e. The average Bonchev–Trinajstić information content (AvgIpc) is 3.07. The molecular formula is C28H36N2O3P+. The molecule has 2 aromatic carbocycles. The number of aryl methyl sites for hydroxylation is 2. The molecule has 0 aliphatic carbocycles. The third-order valence-electron chi connectivity index (χ3n) is 6.90. The van der Waals surface area contributed by atoms with Gasteiger partial charge in [0, 0.05) is 12.9 Å². The van der Waals surface area contributed by atoms with Crippen molar-refractivity contribution in [2.75, 3.05) is 23.8 Å². The van der Waals surface area contributed by atoms with E-state index >= 15 is 0 Å². The van der Waals surface area contributed by atoms with E-state index in [2.05, 4.69) is 18.3 Å². The molecule has 6 heteroatoms. The van der Waals surface area contributed by atoms with Gasteiger partial charge in [0.1, 0.15) is 12.3 Å². The number of nitriles is 1. The van der Waals surface area contributed by atoms with Gasteiger partial charge in [-0.05, 0) is 74.8 Å². The Bertz CT molecular complexity index is 1010. The van der Waals surface area contributed by atoms with Crippen LogP contribution in [0.5, 0.6) is 0 Å². The first-order valence-electron chi connectivity index (χ1n) is 12.3. The number of ether oxygens (including phenoxy) is 1. The zero-order valence-electron chi connectivity index (χ0n) is 20.6. The first-order chi connectivity index (χ1) is 16.4. The lowest BCUT2D eigenvalue weighted by Gasteiger charge is -2.32. The minimum Gasteiger partial charge on any atom is -0.458 e. The quantitative estimate of drug-likeness (QED) is 0.360. The minimum absolute atomic E-state index is 0.00417. The van der Waals surface area contributed by atoms with Crippen molar-refractivity contribution in [1.29, 1.82) is 5.26 Å². The largest absolute Gasteiger partial charge is 0.458 e. The number of benzene rings is 2. The van der Waals surface area contributed by atoms with Crippen LogP contribution in [0.2, 0.25) is 0 Å². The van der Waals surface area contributed by atoms with Gasteiger partial charge in [-0.15, -0.1) is 0 Å². The number of nitrogens with one attached hydrogen (secondary N) is 1. The van der Waals surface area contributed by atoms with E-state index in [1.165, 1.54) is 0 Å². The molecule has 3 rings (SSSR count). The van der Waals surface area contributed by atoms with E-state index in [1.54, 1.807) is 12.1 Å². The Balaban J connectivity index is 1.80. The maximum absolute atomic E-state index is 13.7. The van der Waals surface area contributed by atoms with E-state index in [1.807, 2.05) is 44.2 Å². The summed E-state index contributed by atoms with van der Waals surface area (Å²) in [4.78, 5) is 26.7. The highest BCUT2D eigenvalue weighted by molar-refractivity contribution is 7.78. The van der Waals surface area contributed by atoms with E-state index in [0.717, 1.165) is 60.4 Å². The van der Waals surface area contributed by atoms with Crippen LogP contribution in [0.25, 0.3) is 0 Å². The van der Waals surface area contributed by atoms with Crippen molar-refractivity contribution in [3.05, 3.63) is 64.7 Å². The number of nitrogens with zero attached hydrogens (tertiary/aromatic N) is 1. The molecule has 1 heterocycles. The number of hydrogen-bond donors (Lipinski definition) is 1. The molecule has 34 heavy (non-hydrogen) atoms. The van der Waals surface area contributed by atoms with Gasteiger partial charge >= 0.3 is 5.97 Å². The maximum Gasteiger partial charge on any atom is 0.344 e. The Morgan fingerprint density at radius 1 is 1.06 bits per heavy atom. The van der Waals surface area contributed by atoms with Gasteiger partial charge in [-0.1, -0.05) is 37.3 Å². The summed E-state index contributed by atoms with van der Waals surface area (Å²) in [7, 11) is -1.90. The summed E-state index contributed by atoms with van der Waals surface area (Å²) in [6, 6.07) is 15.5. The van der Waals surface area contributed by atoms with Crippen molar-refractivity contribution in [2.24, 2.45) is 0 Å². The summed E-state index contributed by atoms with van der Waals surface area (Å²) in [5, 5.41) is 12.4. The average molecular weight is 480 g/mol. The van der Waals surface area contributed by atoms with Gasteiger partial charge in [0.25, 0.3) is 5.91 Å². The van der Waals surface area contributed by atoms with Gasteiger partial charge in [-0.25, -0.2) is 4.79 Å². The monoisotopic (exact) mass is 479 g/mol. The van der Waals surface area contributed by atoms with Crippen molar-refractivity contribution >= 4 is 24.8 Å². The Hall–Kier alpha value is -2.70. The summed E-state index contributed by atoms with van der Waals surface area (Å²) in [5.74, 6) is -0.180. The molecule has 1 aliphatic heterocycles. The SMILES string of the molecule is CCC(C(=O)Nc1c(C)cc(C#N)cc1C)[P+]1(CC(=O)OCc2ccccc2)CCCCCC1. The van der Waals surface area contributed by atoms with Crippen molar-refractivity contribution in [3.8, 4) is 6.07 Å². The molecule has 1 amide bonds. The molecule has 1 fully saturated rings. The molecule has 180 valence electrons. The first-order valence-corrected chi connectivity index (χ1v) is 14.7. The summed E-state index contributed by atoms with van der Waals surface area (Å²) < 4.78 is 5.68. The van der Waals surface area contributed by atoms with Crippen LogP contribution in [-0.2, 0) is 20.9 Å². The molecular weight excluding hydrogens is 443 g/mol. The summed E-state index contributed by atoms with van der Waals surface area (Å²) in [5.41, 5.74) is 3.94. The third kappa shape index (κ3) is 6.45. The van der Waals surface area contributed by atoms with Gasteiger partial charge in [-0.2, -0.15) is 5.26 Å². The number of hydrogen-bond acceptors (Lipinski definition) is 4. The number of carbonyl (C=O) groups excluding carboxylic acids is 2. The van der Waals surface area contributed by atoms with Crippen LogP contribution in [0.4, 0.5) is 5.69 Å². The Labute approximate surface area is 204 Å². The topological polar surface area (TPSA) is 79.2 Å². The zero-order valence-corrected chi connectivity index (χ0v) is 21.5. The molecule has 1 saturated heterocycles. The second kappa shape index (κ2) is 12.1. The third-order valence-corrected chi connectivity index (χ3v) is 12.1. The van der Waals surface area contributed by atoms with Gasteiger partial charge in [0.15, 0.2) is 6.16 Å². The Morgan fingerprint density at radius 3 is 2.24 bits per heavy atom. The van der Waals surface area contributed by atoms with Crippen molar-refractivity contribution < 1.29 is 14.3 Å². The number of rotatable bonds is 8. The number of amides is 1. The predicted molar refractivity (Wildman–Crippen MR) is 140 cm³/mol. The predicted octanol–water partition coefficient (Wildman–Crippen LogP) is 6.23. The molecule has 0 radical (unpaired) electrons. The summed E-state index contributed by atoms with van der Waals surface area (Å²) in [6.07, 6.45) is 7.46. The highest BCUT2D eigenvalue weighted by Gasteiger charge is 2.50. The van der Waals surface area contributed by atoms with Gasteiger partial charge < -0.3 is 10.1 Å². The van der Waals surface area contributed by atoms with E-state index in [-0.39, 0.29) is 24.1 Å². The second-order valence-corrected chi connectivity index (χ2v) is 13.7. The zero-order chi connectivity index (χ0) is 24.6. The summed E-state index contributed by atoms with van der Waals surface area (Å²) in [6.45, 7) is 6.17. The Kier molecular flexibility index (Phi) is 9.25. The van der Waals surface area contributed by atoms with Crippen LogP contribution < -0.4 is 5.32 Å². The van der Waals surface area contributed by atoms with Crippen molar-refractivity contribution in [1.82, 2.24) is 0 Å². The van der Waals surface area contributed by atoms with Gasteiger partial charge in [0.2, 0.25) is 0 Å². The molecule has 2 aromatic rings. The second-order valence-electron chi connectivity index (χ2n) is 9.39. The van der Waals surface area contributed by atoms with Crippen molar-refractivity contribution in [3.63, 3.8) is 0 Å². The van der Waals surface area contributed by atoms with E-state index in [0.29, 0.717) is 18.1 Å². The maximum atomic E-state index is 13.7. The van der Waals surface area contributed by atoms with Gasteiger partial charge in [0.05, 0.1) is 24.0 Å². The number of anilines is 1. The Morgan fingerprint density at radius 2 is 1.68 bits per heavy atom. The molecule has 1 atom stereocenters. The number of esters is 1. The fourth-order valence-electron chi connectivity index (χ4n) is 5.19. The van der Waals surface area contributed by atoms with E-state index in [4.69, 9.17) is 4.74 Å². The molecule has 1 N–H and O–H groups in total. The molecule has 5 nitrogen and oxygen atoms in total. The molecule has 0 spiro atoms. The lowest BCUT2D eigenvalue weighted by Crippen LogP contribution is -2.35. The van der Waals surface area contributed by atoms with E-state index < -0.39 is 7.26 Å². The van der Waals surface area contributed by atoms with Crippen LogP contribution in [-0.4, -0.2) is 36.0 Å². The lowest BCUT2D eigenvalue weighted by molar-refractivity contribution is -0.141. The number of carbonyl (C=O) groups is 2. The van der Waals surface area contributed by atoms with Crippen LogP contribution >= 0.6 is 7.26 Å². The molecule has 1 unspecified atom stereocenters. The fraction of sp³-hybridized carbons (Fsp3) is 0.464. The standard InChI is InChI=1S/C28H35N2O3P/c1-4-25(28(32)30-27-21(2)16-24(18-29)17-22(27)3)34(14-10-5-6-11-15-34)20-26(31)33-19-23-12-8-7-9-13-23/h7-9,12-13,16-17,25H,4-6,10-11,14-15,19-20H2,1-3H3/p+1. The minimum atomic E-state index is -1.90. The van der Waals surface area contributed by atoms with Crippen LogP contribution in [0.3, 0.4) is 0 Å². The van der Waals surface area contributed by atoms with Crippen LogP contribution in [0.1, 0.15) is 61.3 Å². The lowest BCUT2D eigenvalue weighted by atomic mass is 10.0. The van der Waals surface area contributed by atoms with Crippen LogP contribution in [0, 0.1) is 25.2 Å². The highest BCUT2D eigenvalue weighted by atomic mass is 31.2. The molecule has 0 saturated carbocycles. The molecule has 1 aliphatic rings. The van der Waals surface area contributed by atoms with Gasteiger partial charge in [-0.3, -0.25) is 4.79 Å². The molecule has 0 aromatic heterocycles.